The van der Waals surface area contributed by atoms with Crippen LogP contribution in [0.2, 0.25) is 0 Å². The molecule has 0 aromatic heterocycles. The van der Waals surface area contributed by atoms with E-state index in [9.17, 15) is 0 Å². The van der Waals surface area contributed by atoms with Crippen LogP contribution in [0.15, 0.2) is 41.5 Å². The molecule has 0 amide bonds. The van der Waals surface area contributed by atoms with E-state index < -0.39 is 5.79 Å². The van der Waals surface area contributed by atoms with Crippen LogP contribution in [-0.2, 0) is 10.5 Å². The molecular weight excluding hydrogens is 256 g/mol. The van der Waals surface area contributed by atoms with E-state index in [-0.39, 0.29) is 0 Å². The second kappa shape index (κ2) is 6.40. The van der Waals surface area contributed by atoms with Crippen LogP contribution in [0.3, 0.4) is 0 Å². The topological polar surface area (TPSA) is 94.9 Å². The van der Waals surface area contributed by atoms with Gasteiger partial charge >= 0.3 is 0 Å². The van der Waals surface area contributed by atoms with E-state index >= 15 is 0 Å². The second-order valence-electron chi connectivity index (χ2n) is 4.35. The first kappa shape index (κ1) is 14.4. The molecule has 0 bridgehead atoms. The standard InChI is InChI=1S/C14H20N4O2/c1-2-19-9-10-20-12-5-3-11(4-6-12)14(16)17-8-7-13(15)18-14/h3-8,17H,2,9-10,16H2,1H3,(H2,15,18). The average molecular weight is 276 g/mol. The van der Waals surface area contributed by atoms with Crippen LogP contribution in [0.5, 0.6) is 5.75 Å². The summed E-state index contributed by atoms with van der Waals surface area (Å²) in [6.45, 7) is 3.74. The Hall–Kier alpha value is -2.05. The van der Waals surface area contributed by atoms with Crippen molar-refractivity contribution in [3.8, 4) is 5.75 Å². The van der Waals surface area contributed by atoms with Gasteiger partial charge < -0.3 is 20.5 Å². The third kappa shape index (κ3) is 3.49. The molecule has 20 heavy (non-hydrogen) atoms. The fourth-order valence-electron chi connectivity index (χ4n) is 1.84. The summed E-state index contributed by atoms with van der Waals surface area (Å²) in [5, 5.41) is 2.99. The number of aliphatic imine (C=N–C) groups is 1. The summed E-state index contributed by atoms with van der Waals surface area (Å²) in [5.41, 5.74) is 12.7. The molecule has 0 radical (unpaired) electrons. The van der Waals surface area contributed by atoms with E-state index in [2.05, 4.69) is 10.3 Å². The molecule has 1 aliphatic rings. The van der Waals surface area contributed by atoms with Crippen molar-refractivity contribution in [1.29, 1.82) is 0 Å². The van der Waals surface area contributed by atoms with Crippen LogP contribution in [0.1, 0.15) is 12.5 Å². The predicted molar refractivity (Wildman–Crippen MR) is 78.2 cm³/mol. The maximum absolute atomic E-state index is 6.17. The van der Waals surface area contributed by atoms with Gasteiger partial charge in [-0.3, -0.25) is 5.73 Å². The van der Waals surface area contributed by atoms with E-state index in [1.54, 1.807) is 12.3 Å². The lowest BCUT2D eigenvalue weighted by Crippen LogP contribution is -2.49. The first-order valence-electron chi connectivity index (χ1n) is 6.53. The van der Waals surface area contributed by atoms with Crippen molar-refractivity contribution in [2.45, 2.75) is 12.7 Å². The van der Waals surface area contributed by atoms with Crippen molar-refractivity contribution >= 4 is 5.84 Å². The van der Waals surface area contributed by atoms with Gasteiger partial charge in [-0.15, -0.1) is 0 Å². The highest BCUT2D eigenvalue weighted by Gasteiger charge is 2.26. The Morgan fingerprint density at radius 3 is 2.65 bits per heavy atom. The molecule has 1 aromatic carbocycles. The molecule has 1 aliphatic heterocycles. The smallest absolute Gasteiger partial charge is 0.211 e. The number of ether oxygens (including phenoxy) is 2. The monoisotopic (exact) mass is 276 g/mol. The molecule has 0 fully saturated rings. The molecule has 5 N–H and O–H groups in total. The largest absolute Gasteiger partial charge is 0.491 e. The number of amidine groups is 1. The zero-order chi connectivity index (χ0) is 14.4. The Labute approximate surface area is 118 Å². The molecule has 1 unspecified atom stereocenters. The summed E-state index contributed by atoms with van der Waals surface area (Å²) in [5.74, 6) is 0.131. The minimum Gasteiger partial charge on any atom is -0.491 e. The van der Waals surface area contributed by atoms with Gasteiger partial charge in [0.2, 0.25) is 5.79 Å². The Kier molecular flexibility index (Phi) is 4.60. The van der Waals surface area contributed by atoms with E-state index in [1.165, 1.54) is 0 Å². The molecule has 2 rings (SSSR count). The van der Waals surface area contributed by atoms with Crippen LogP contribution in [0.25, 0.3) is 0 Å². The van der Waals surface area contributed by atoms with E-state index in [0.29, 0.717) is 25.7 Å². The number of nitrogens with two attached hydrogens (primary N) is 2. The third-order valence-corrected chi connectivity index (χ3v) is 2.86. The molecule has 0 spiro atoms. The maximum Gasteiger partial charge on any atom is 0.211 e. The first-order chi connectivity index (χ1) is 9.64. The maximum atomic E-state index is 6.17. The van der Waals surface area contributed by atoms with Crippen molar-refractivity contribution in [2.75, 3.05) is 19.8 Å². The fourth-order valence-corrected chi connectivity index (χ4v) is 1.84. The zero-order valence-electron chi connectivity index (χ0n) is 11.5. The summed E-state index contributed by atoms with van der Waals surface area (Å²) >= 11 is 0. The molecule has 1 atom stereocenters. The van der Waals surface area contributed by atoms with Crippen LogP contribution < -0.4 is 21.5 Å². The lowest BCUT2D eigenvalue weighted by molar-refractivity contribution is 0.110. The number of hydrogen-bond donors (Lipinski definition) is 3. The normalized spacial score (nSPS) is 21.2. The van der Waals surface area contributed by atoms with Gasteiger partial charge in [0.1, 0.15) is 18.2 Å². The van der Waals surface area contributed by atoms with E-state index in [4.69, 9.17) is 20.9 Å². The van der Waals surface area contributed by atoms with Gasteiger partial charge in [0, 0.05) is 18.4 Å². The Morgan fingerprint density at radius 1 is 1.25 bits per heavy atom. The molecular formula is C14H20N4O2. The number of benzene rings is 1. The molecule has 0 saturated carbocycles. The van der Waals surface area contributed by atoms with Crippen LogP contribution >= 0.6 is 0 Å². The number of nitrogens with one attached hydrogen (secondary N) is 1. The highest BCUT2D eigenvalue weighted by atomic mass is 16.5. The van der Waals surface area contributed by atoms with Gasteiger partial charge in [0.05, 0.1) is 6.61 Å². The van der Waals surface area contributed by atoms with Crippen molar-refractivity contribution in [2.24, 2.45) is 16.5 Å². The first-order valence-corrected chi connectivity index (χ1v) is 6.53. The summed E-state index contributed by atoms with van der Waals surface area (Å²) in [4.78, 5) is 4.21. The van der Waals surface area contributed by atoms with Crippen molar-refractivity contribution < 1.29 is 9.47 Å². The number of nitrogens with zero attached hydrogens (tertiary/aromatic N) is 1. The summed E-state index contributed by atoms with van der Waals surface area (Å²) < 4.78 is 10.8. The SMILES string of the molecule is CCOCCOc1ccc(C2(N)N=C(N)C=CN2)cc1. The van der Waals surface area contributed by atoms with Gasteiger partial charge in [-0.05, 0) is 37.3 Å². The predicted octanol–water partition coefficient (Wildman–Crippen LogP) is 0.645. The van der Waals surface area contributed by atoms with Gasteiger partial charge in [0.15, 0.2) is 0 Å². The summed E-state index contributed by atoms with van der Waals surface area (Å²) in [7, 11) is 0. The minimum absolute atomic E-state index is 0.392. The molecule has 6 heteroatoms. The lowest BCUT2D eigenvalue weighted by Gasteiger charge is -2.28. The minimum atomic E-state index is -1.03. The molecule has 1 heterocycles. The van der Waals surface area contributed by atoms with Gasteiger partial charge in [0.25, 0.3) is 0 Å². The van der Waals surface area contributed by atoms with Gasteiger partial charge in [-0.2, -0.15) is 0 Å². The zero-order valence-corrected chi connectivity index (χ0v) is 11.5. The second-order valence-corrected chi connectivity index (χ2v) is 4.35. The quantitative estimate of drug-likeness (QED) is 0.663. The van der Waals surface area contributed by atoms with Gasteiger partial charge in [-0.25, -0.2) is 4.99 Å². The Bertz CT molecular complexity index is 498. The molecule has 0 saturated heterocycles. The van der Waals surface area contributed by atoms with Gasteiger partial charge in [-0.1, -0.05) is 0 Å². The fraction of sp³-hybridized carbons (Fsp3) is 0.357. The molecule has 0 aliphatic carbocycles. The van der Waals surface area contributed by atoms with Crippen LogP contribution in [0, 0.1) is 0 Å². The molecule has 6 nitrogen and oxygen atoms in total. The Balaban J connectivity index is 1.99. The van der Waals surface area contributed by atoms with Crippen molar-refractivity contribution in [1.82, 2.24) is 5.32 Å². The highest BCUT2D eigenvalue weighted by Crippen LogP contribution is 2.22. The van der Waals surface area contributed by atoms with Crippen LogP contribution in [-0.4, -0.2) is 25.7 Å². The number of hydrogen-bond acceptors (Lipinski definition) is 6. The van der Waals surface area contributed by atoms with E-state index in [1.807, 2.05) is 31.2 Å². The van der Waals surface area contributed by atoms with Crippen molar-refractivity contribution in [3.63, 3.8) is 0 Å². The lowest BCUT2D eigenvalue weighted by atomic mass is 10.1. The van der Waals surface area contributed by atoms with Crippen molar-refractivity contribution in [3.05, 3.63) is 42.1 Å². The van der Waals surface area contributed by atoms with Crippen LogP contribution in [0.4, 0.5) is 0 Å². The summed E-state index contributed by atoms with van der Waals surface area (Å²) in [6, 6.07) is 7.42. The number of rotatable bonds is 6. The highest BCUT2D eigenvalue weighted by molar-refractivity contribution is 5.92. The Morgan fingerprint density at radius 2 is 2.00 bits per heavy atom. The van der Waals surface area contributed by atoms with E-state index in [0.717, 1.165) is 11.3 Å². The molecule has 1 aromatic rings. The molecule has 108 valence electrons. The average Bonchev–Trinajstić information content (AvgIpc) is 2.44. The third-order valence-electron chi connectivity index (χ3n) is 2.86. The summed E-state index contributed by atoms with van der Waals surface area (Å²) in [6.07, 6.45) is 3.35.